The second-order valence-electron chi connectivity index (χ2n) is 37.5. The Morgan fingerprint density at radius 3 is 0.551 bits per heavy atom. The van der Waals surface area contributed by atoms with E-state index in [-0.39, 0.29) is 25.2 Å². The van der Waals surface area contributed by atoms with Gasteiger partial charge in [0.05, 0.1) is 79.3 Å². The van der Waals surface area contributed by atoms with Gasteiger partial charge in [0.25, 0.3) is 0 Å². The molecule has 0 bridgehead atoms. The molecule has 17 nitrogen and oxygen atoms in total. The van der Waals surface area contributed by atoms with Crippen LogP contribution in [0.25, 0.3) is 86.4 Å². The molecule has 744 valence electrons. The molecule has 0 saturated heterocycles. The number of hydrogen-bond acceptors (Lipinski definition) is 16. The quantitative estimate of drug-likeness (QED) is 0.0200. The first kappa shape index (κ1) is 107. The standard InChI is InChI=1S/C119H167NO16/c1-12-23-34-35-40-59-120-104-57-55-88(86-135-118(121)53-38-36-51-70-133-116-84-100-96-80-112(129-66-47-30-19-8)108(125-62-43-26-15-4)76-92(96)90-74-106(123-60-41-24-13-2)110(127-64-45-28-17-6)78-94(90)98(100)82-114(116)131-68-49-32-21-10)72-102(104)103-73-89(56-58-105(103)120)87-136-119(122)54-39-37-52-71-134-117-85-101-97-81-113(130-67-48-31-20-9)109(126-63-44-27-16-5)77-93(97)91-75-107(124-61-42-25-14-3)111(128-65-46-29-18-7)79-95(91)99(101)83-115(117)132-69-50-33-22-11/h55-58,72-85H,12-54,59-71,86-87H2,1-11H3. The molecular formula is C119H167NO16. The predicted molar refractivity (Wildman–Crippen MR) is 564 cm³/mol. The van der Waals surface area contributed by atoms with E-state index in [1.165, 1.54) is 19.3 Å². The number of hydrogen-bond donors (Lipinski definition) is 0. The van der Waals surface area contributed by atoms with Crippen LogP contribution in [0.3, 0.4) is 0 Å². The van der Waals surface area contributed by atoms with E-state index in [9.17, 15) is 9.59 Å². The van der Waals surface area contributed by atoms with Gasteiger partial charge in [-0.3, -0.25) is 9.59 Å². The fourth-order valence-electron chi connectivity index (χ4n) is 18.2. The molecule has 0 N–H and O–H groups in total. The van der Waals surface area contributed by atoms with Crippen molar-refractivity contribution in [2.75, 3.05) is 79.3 Å². The predicted octanol–water partition coefficient (Wildman–Crippen LogP) is 33.7. The third-order valence-electron chi connectivity index (χ3n) is 26.1. The number of ether oxygens (including phenoxy) is 14. The van der Waals surface area contributed by atoms with Gasteiger partial charge < -0.3 is 70.9 Å². The van der Waals surface area contributed by atoms with Crippen LogP contribution in [0.15, 0.2) is 109 Å². The van der Waals surface area contributed by atoms with E-state index in [1.807, 2.05) is 0 Å². The highest BCUT2D eigenvalue weighted by atomic mass is 16.6. The van der Waals surface area contributed by atoms with Gasteiger partial charge in [-0.2, -0.15) is 0 Å². The summed E-state index contributed by atoms with van der Waals surface area (Å²) in [7, 11) is 0. The Balaban J connectivity index is 0.757. The summed E-state index contributed by atoms with van der Waals surface area (Å²) in [6, 6.07) is 39.1. The van der Waals surface area contributed by atoms with Crippen LogP contribution in [-0.4, -0.2) is 95.8 Å². The zero-order valence-corrected chi connectivity index (χ0v) is 85.4. The Morgan fingerprint density at radius 1 is 0.191 bits per heavy atom. The molecule has 0 radical (unpaired) electrons. The van der Waals surface area contributed by atoms with E-state index in [4.69, 9.17) is 66.3 Å². The number of carbonyl (C=O) groups excluding carboxylic acids is 2. The topological polar surface area (TPSA) is 168 Å². The number of aromatic nitrogens is 1. The highest BCUT2D eigenvalue weighted by Gasteiger charge is 2.26. The fourth-order valence-corrected chi connectivity index (χ4v) is 18.2. The lowest BCUT2D eigenvalue weighted by Crippen LogP contribution is -2.06. The van der Waals surface area contributed by atoms with Crippen molar-refractivity contribution in [3.63, 3.8) is 0 Å². The molecule has 0 spiro atoms. The SMILES string of the molecule is CCCCCCCn1c2ccc(COC(=O)CCCCCOc3cc4c5cc(OCCCCC)c(OCCCCC)cc5c5cc(OCCCCC)c(OCCCCC)cc5c4cc3OCCCCC)cc2c2cc(COC(=O)CCCCCOc3cc4c5cc(OCCCCC)c(OCCCCC)cc5c5cc(OCCCCC)c(OCCCCC)cc5c4cc3OCCCCC)ccc21. The average molecular weight is 1870 g/mol. The number of carbonyl (C=O) groups is 2. The lowest BCUT2D eigenvalue weighted by Gasteiger charge is -2.21. The second-order valence-corrected chi connectivity index (χ2v) is 37.5. The molecular weight excluding hydrogens is 1700 g/mol. The summed E-state index contributed by atoms with van der Waals surface area (Å²) in [5.41, 5.74) is 4.11. The van der Waals surface area contributed by atoms with Gasteiger partial charge in [-0.25, -0.2) is 0 Å². The summed E-state index contributed by atoms with van der Waals surface area (Å²) in [5, 5.41) is 14.6. The molecule has 0 amide bonds. The van der Waals surface area contributed by atoms with E-state index >= 15 is 0 Å². The van der Waals surface area contributed by atoms with Crippen molar-refractivity contribution in [2.45, 2.75) is 372 Å². The number of rotatable bonds is 74. The fraction of sp³-hybridized carbons (Fsp3) is 0.580. The number of fused-ring (bicyclic) bond motifs is 15. The molecule has 1 heterocycles. The van der Waals surface area contributed by atoms with Gasteiger partial charge in [-0.05, 0) is 282 Å². The third kappa shape index (κ3) is 31.8. The van der Waals surface area contributed by atoms with Crippen LogP contribution in [0.1, 0.15) is 363 Å². The minimum absolute atomic E-state index is 0.159. The van der Waals surface area contributed by atoms with Crippen molar-refractivity contribution in [3.05, 3.63) is 120 Å². The Hall–Kier alpha value is -9.90. The molecule has 10 aromatic carbocycles. The summed E-state index contributed by atoms with van der Waals surface area (Å²) >= 11 is 0. The molecule has 0 saturated carbocycles. The zero-order chi connectivity index (χ0) is 95.7. The maximum Gasteiger partial charge on any atom is 0.306 e. The van der Waals surface area contributed by atoms with Crippen molar-refractivity contribution in [3.8, 4) is 69.0 Å². The maximum absolute atomic E-state index is 13.7. The molecule has 0 atom stereocenters. The molecule has 0 aliphatic rings. The molecule has 11 aromatic rings. The zero-order valence-electron chi connectivity index (χ0n) is 85.4. The van der Waals surface area contributed by atoms with E-state index in [0.717, 1.165) is 381 Å². The van der Waals surface area contributed by atoms with Crippen LogP contribution < -0.4 is 56.8 Å². The van der Waals surface area contributed by atoms with E-state index in [2.05, 4.69) is 190 Å². The van der Waals surface area contributed by atoms with Crippen molar-refractivity contribution in [1.29, 1.82) is 0 Å². The Morgan fingerprint density at radius 2 is 0.360 bits per heavy atom. The second kappa shape index (κ2) is 60.1. The van der Waals surface area contributed by atoms with E-state index < -0.39 is 0 Å². The van der Waals surface area contributed by atoms with Gasteiger partial charge in [0, 0.05) is 41.2 Å². The Labute approximate surface area is 814 Å². The smallest absolute Gasteiger partial charge is 0.306 e. The normalized spacial score (nSPS) is 11.6. The number of benzene rings is 10. The van der Waals surface area contributed by atoms with Gasteiger partial charge in [-0.15, -0.1) is 0 Å². The highest BCUT2D eigenvalue weighted by molar-refractivity contribution is 6.28. The van der Waals surface area contributed by atoms with Crippen LogP contribution in [-0.2, 0) is 38.8 Å². The summed E-state index contributed by atoms with van der Waals surface area (Å²) in [4.78, 5) is 27.5. The van der Waals surface area contributed by atoms with Crippen LogP contribution >= 0.6 is 0 Å². The number of nitrogens with zero attached hydrogens (tertiary/aromatic N) is 1. The number of unbranched alkanes of at least 4 members (excludes halogenated alkanes) is 28. The first-order chi connectivity index (χ1) is 66.9. The van der Waals surface area contributed by atoms with Gasteiger partial charge >= 0.3 is 11.9 Å². The summed E-state index contributed by atoms with van der Waals surface area (Å²) in [6.07, 6.45) is 42.1. The first-order valence-electron chi connectivity index (χ1n) is 53.9. The highest BCUT2D eigenvalue weighted by Crippen LogP contribution is 2.51. The van der Waals surface area contributed by atoms with Crippen molar-refractivity contribution < 1.29 is 75.9 Å². The third-order valence-corrected chi connectivity index (χ3v) is 26.1. The molecule has 17 heteroatoms. The lowest BCUT2D eigenvalue weighted by molar-refractivity contribution is -0.146. The molecule has 0 aliphatic carbocycles. The molecule has 0 fully saturated rings. The van der Waals surface area contributed by atoms with Gasteiger partial charge in [0.2, 0.25) is 0 Å². The average Bonchev–Trinajstić information content (AvgIpc) is 0.972. The molecule has 0 aliphatic heterocycles. The summed E-state index contributed by atoms with van der Waals surface area (Å²) in [6.45, 7) is 32.4. The van der Waals surface area contributed by atoms with Crippen molar-refractivity contribution in [2.24, 2.45) is 0 Å². The van der Waals surface area contributed by atoms with Crippen molar-refractivity contribution >= 4 is 98.4 Å². The minimum Gasteiger partial charge on any atom is -0.490 e. The lowest BCUT2D eigenvalue weighted by atomic mass is 9.93. The minimum atomic E-state index is -0.231. The first-order valence-corrected chi connectivity index (χ1v) is 53.9. The molecule has 136 heavy (non-hydrogen) atoms. The molecule has 1 aromatic heterocycles. The Bertz CT molecular complexity index is 5010. The largest absolute Gasteiger partial charge is 0.490 e. The Kier molecular flexibility index (Phi) is 47.1. The van der Waals surface area contributed by atoms with E-state index in [1.54, 1.807) is 0 Å². The van der Waals surface area contributed by atoms with Crippen LogP contribution in [0.2, 0.25) is 0 Å². The number of esters is 2. The monoisotopic (exact) mass is 1870 g/mol. The van der Waals surface area contributed by atoms with Gasteiger partial charge in [0.15, 0.2) is 69.0 Å². The van der Waals surface area contributed by atoms with Crippen LogP contribution in [0, 0.1) is 0 Å². The van der Waals surface area contributed by atoms with Gasteiger partial charge in [0.1, 0.15) is 13.2 Å². The van der Waals surface area contributed by atoms with Crippen molar-refractivity contribution in [1.82, 2.24) is 4.57 Å². The summed E-state index contributed by atoms with van der Waals surface area (Å²) in [5.74, 6) is 8.29. The molecule has 11 rings (SSSR count). The maximum atomic E-state index is 13.7. The van der Waals surface area contributed by atoms with E-state index in [0.29, 0.717) is 128 Å². The van der Waals surface area contributed by atoms with Gasteiger partial charge in [-0.1, -0.05) is 242 Å². The van der Waals surface area contributed by atoms with Crippen LogP contribution in [0.5, 0.6) is 69.0 Å². The van der Waals surface area contributed by atoms with Crippen LogP contribution in [0.4, 0.5) is 0 Å². The number of aryl methyl sites for hydroxylation is 1. The molecule has 0 unspecified atom stereocenters. The summed E-state index contributed by atoms with van der Waals surface area (Å²) < 4.78 is 95.3.